The van der Waals surface area contributed by atoms with E-state index in [9.17, 15) is 0 Å². The van der Waals surface area contributed by atoms with E-state index in [-0.39, 0.29) is 6.10 Å². The standard InChI is InChI=1S/C11H18N2OS/c1-12-8-9-11(10-4-3-7-15-10)13(2)5-6-14-9/h3-4,7,9,11-12H,5-6,8H2,1-2H3. The highest BCUT2D eigenvalue weighted by molar-refractivity contribution is 7.10. The zero-order valence-electron chi connectivity index (χ0n) is 9.27. The lowest BCUT2D eigenvalue weighted by Crippen LogP contribution is -2.46. The first-order chi connectivity index (χ1) is 7.33. The van der Waals surface area contributed by atoms with Gasteiger partial charge in [0, 0.05) is 18.0 Å². The molecule has 1 saturated heterocycles. The summed E-state index contributed by atoms with van der Waals surface area (Å²) in [6, 6.07) is 4.72. The topological polar surface area (TPSA) is 24.5 Å². The van der Waals surface area contributed by atoms with Crippen LogP contribution in [-0.4, -0.2) is 44.8 Å². The molecule has 84 valence electrons. The zero-order valence-corrected chi connectivity index (χ0v) is 10.1. The van der Waals surface area contributed by atoms with Crippen LogP contribution in [0.25, 0.3) is 0 Å². The normalized spacial score (nSPS) is 28.1. The van der Waals surface area contributed by atoms with E-state index in [1.165, 1.54) is 4.88 Å². The Kier molecular flexibility index (Phi) is 3.75. The van der Waals surface area contributed by atoms with Crippen LogP contribution < -0.4 is 5.32 Å². The number of nitrogens with one attached hydrogen (secondary N) is 1. The summed E-state index contributed by atoms with van der Waals surface area (Å²) in [6.07, 6.45) is 0.271. The molecule has 2 unspecified atom stereocenters. The molecule has 2 atom stereocenters. The molecule has 0 aromatic carbocycles. The number of nitrogens with zero attached hydrogens (tertiary/aromatic N) is 1. The van der Waals surface area contributed by atoms with Crippen LogP contribution in [-0.2, 0) is 4.74 Å². The lowest BCUT2D eigenvalue weighted by atomic mass is 10.1. The maximum Gasteiger partial charge on any atom is 0.0904 e. The molecule has 2 heterocycles. The molecule has 3 nitrogen and oxygen atoms in total. The minimum atomic E-state index is 0.271. The Hall–Kier alpha value is -0.420. The summed E-state index contributed by atoms with van der Waals surface area (Å²) in [7, 11) is 4.15. The molecule has 1 aliphatic heterocycles. The van der Waals surface area contributed by atoms with Crippen LogP contribution in [0.5, 0.6) is 0 Å². The third-order valence-corrected chi connectivity index (χ3v) is 3.79. The molecule has 1 N–H and O–H groups in total. The molecule has 4 heteroatoms. The summed E-state index contributed by atoms with van der Waals surface area (Å²) in [5.41, 5.74) is 0. The van der Waals surface area contributed by atoms with Gasteiger partial charge in [0.1, 0.15) is 0 Å². The lowest BCUT2D eigenvalue weighted by molar-refractivity contribution is -0.0594. The van der Waals surface area contributed by atoms with Gasteiger partial charge >= 0.3 is 0 Å². The van der Waals surface area contributed by atoms with Crippen molar-refractivity contribution in [1.82, 2.24) is 10.2 Å². The van der Waals surface area contributed by atoms with Crippen molar-refractivity contribution >= 4 is 11.3 Å². The fraction of sp³-hybridized carbons (Fsp3) is 0.636. The van der Waals surface area contributed by atoms with Gasteiger partial charge in [-0.15, -0.1) is 11.3 Å². The number of rotatable bonds is 3. The highest BCUT2D eigenvalue weighted by Gasteiger charge is 2.31. The van der Waals surface area contributed by atoms with Gasteiger partial charge in [-0.3, -0.25) is 4.90 Å². The van der Waals surface area contributed by atoms with Gasteiger partial charge in [0.15, 0.2) is 0 Å². The molecule has 0 saturated carbocycles. The molecule has 1 aromatic heterocycles. The van der Waals surface area contributed by atoms with E-state index in [1.807, 2.05) is 18.4 Å². The highest BCUT2D eigenvalue weighted by Crippen LogP contribution is 2.30. The van der Waals surface area contributed by atoms with Gasteiger partial charge in [0.05, 0.1) is 18.8 Å². The van der Waals surface area contributed by atoms with Crippen molar-refractivity contribution < 1.29 is 4.74 Å². The van der Waals surface area contributed by atoms with Gasteiger partial charge in [-0.2, -0.15) is 0 Å². The van der Waals surface area contributed by atoms with Crippen molar-refractivity contribution in [3.8, 4) is 0 Å². The van der Waals surface area contributed by atoms with Gasteiger partial charge < -0.3 is 10.1 Å². The zero-order chi connectivity index (χ0) is 10.7. The minimum Gasteiger partial charge on any atom is -0.374 e. The molecule has 0 amide bonds. The number of morpholine rings is 1. The van der Waals surface area contributed by atoms with Crippen LogP contribution in [0.15, 0.2) is 17.5 Å². The first kappa shape index (κ1) is 11.1. The third kappa shape index (κ3) is 2.39. The van der Waals surface area contributed by atoms with E-state index in [1.54, 1.807) is 0 Å². The van der Waals surface area contributed by atoms with Crippen LogP contribution in [0.2, 0.25) is 0 Å². The number of likely N-dealkylation sites (N-methyl/N-ethyl adjacent to an activating group) is 2. The molecule has 0 bridgehead atoms. The third-order valence-electron chi connectivity index (χ3n) is 2.84. The molecule has 2 rings (SSSR count). The van der Waals surface area contributed by atoms with Crippen LogP contribution in [0.1, 0.15) is 10.9 Å². The molecular formula is C11H18N2OS. The smallest absolute Gasteiger partial charge is 0.0904 e. The van der Waals surface area contributed by atoms with Gasteiger partial charge in [-0.25, -0.2) is 0 Å². The quantitative estimate of drug-likeness (QED) is 0.842. The molecule has 15 heavy (non-hydrogen) atoms. The van der Waals surface area contributed by atoms with E-state index in [0.717, 1.165) is 19.7 Å². The van der Waals surface area contributed by atoms with Crippen LogP contribution in [0.4, 0.5) is 0 Å². The Balaban J connectivity index is 2.15. The summed E-state index contributed by atoms with van der Waals surface area (Å²) in [6.45, 7) is 2.76. The van der Waals surface area contributed by atoms with E-state index in [0.29, 0.717) is 6.04 Å². The predicted octanol–water partition coefficient (Wildman–Crippen LogP) is 1.34. The van der Waals surface area contributed by atoms with E-state index >= 15 is 0 Å². The fourth-order valence-electron chi connectivity index (χ4n) is 2.09. The molecule has 1 aromatic rings. The van der Waals surface area contributed by atoms with Crippen LogP contribution in [0, 0.1) is 0 Å². The lowest BCUT2D eigenvalue weighted by Gasteiger charge is -2.38. The van der Waals surface area contributed by atoms with E-state index in [2.05, 4.69) is 34.8 Å². The Morgan fingerprint density at radius 3 is 3.20 bits per heavy atom. The second-order valence-corrected chi connectivity index (χ2v) is 4.89. The molecular weight excluding hydrogens is 208 g/mol. The Morgan fingerprint density at radius 1 is 1.67 bits per heavy atom. The van der Waals surface area contributed by atoms with Crippen LogP contribution >= 0.6 is 11.3 Å². The summed E-state index contributed by atoms with van der Waals surface area (Å²) in [4.78, 5) is 3.79. The number of hydrogen-bond acceptors (Lipinski definition) is 4. The highest BCUT2D eigenvalue weighted by atomic mass is 32.1. The Bertz CT molecular complexity index is 287. The summed E-state index contributed by atoms with van der Waals surface area (Å²) < 4.78 is 5.83. The first-order valence-electron chi connectivity index (χ1n) is 5.32. The number of ether oxygens (including phenoxy) is 1. The second kappa shape index (κ2) is 5.07. The Labute approximate surface area is 95.0 Å². The fourth-order valence-corrected chi connectivity index (χ4v) is 3.04. The second-order valence-electron chi connectivity index (χ2n) is 3.91. The van der Waals surface area contributed by atoms with E-state index < -0.39 is 0 Å². The molecule has 0 aliphatic carbocycles. The molecule has 0 spiro atoms. The van der Waals surface area contributed by atoms with Gasteiger partial charge in [-0.05, 0) is 25.5 Å². The summed E-state index contributed by atoms with van der Waals surface area (Å²) in [5, 5.41) is 5.34. The van der Waals surface area contributed by atoms with Gasteiger partial charge in [0.2, 0.25) is 0 Å². The maximum atomic E-state index is 5.83. The molecule has 1 aliphatic rings. The first-order valence-corrected chi connectivity index (χ1v) is 6.20. The van der Waals surface area contributed by atoms with Crippen molar-refractivity contribution in [2.24, 2.45) is 0 Å². The summed E-state index contributed by atoms with van der Waals surface area (Å²) >= 11 is 1.81. The SMILES string of the molecule is CNCC1OCCN(C)C1c1cccs1. The van der Waals surface area contributed by atoms with Crippen molar-refractivity contribution in [2.75, 3.05) is 33.8 Å². The van der Waals surface area contributed by atoms with Crippen molar-refractivity contribution in [3.05, 3.63) is 22.4 Å². The van der Waals surface area contributed by atoms with Crippen molar-refractivity contribution in [3.63, 3.8) is 0 Å². The predicted molar refractivity (Wildman–Crippen MR) is 63.4 cm³/mol. The average Bonchev–Trinajstić information content (AvgIpc) is 2.71. The monoisotopic (exact) mass is 226 g/mol. The Morgan fingerprint density at radius 2 is 2.53 bits per heavy atom. The average molecular weight is 226 g/mol. The molecule has 0 radical (unpaired) electrons. The molecule has 1 fully saturated rings. The van der Waals surface area contributed by atoms with Crippen molar-refractivity contribution in [2.45, 2.75) is 12.1 Å². The number of thiophene rings is 1. The van der Waals surface area contributed by atoms with Crippen LogP contribution in [0.3, 0.4) is 0 Å². The van der Waals surface area contributed by atoms with Crippen molar-refractivity contribution in [1.29, 1.82) is 0 Å². The van der Waals surface area contributed by atoms with Gasteiger partial charge in [-0.1, -0.05) is 6.07 Å². The largest absolute Gasteiger partial charge is 0.374 e. The summed E-state index contributed by atoms with van der Waals surface area (Å²) in [5.74, 6) is 0. The minimum absolute atomic E-state index is 0.271. The van der Waals surface area contributed by atoms with Gasteiger partial charge in [0.25, 0.3) is 0 Å². The maximum absolute atomic E-state index is 5.83. The van der Waals surface area contributed by atoms with E-state index in [4.69, 9.17) is 4.74 Å². The number of hydrogen-bond donors (Lipinski definition) is 1.